The SMILES string of the molecule is O=Cc1cc(F)ccc1SC1COC1. The van der Waals surface area contributed by atoms with Crippen LogP contribution in [-0.2, 0) is 4.74 Å². The first-order valence-corrected chi connectivity index (χ1v) is 5.16. The Morgan fingerprint density at radius 3 is 2.86 bits per heavy atom. The fourth-order valence-corrected chi connectivity index (χ4v) is 2.26. The van der Waals surface area contributed by atoms with Gasteiger partial charge in [0.1, 0.15) is 5.82 Å². The van der Waals surface area contributed by atoms with Crippen LogP contribution in [0.4, 0.5) is 4.39 Å². The van der Waals surface area contributed by atoms with Gasteiger partial charge in [-0.25, -0.2) is 4.39 Å². The third-order valence-electron chi connectivity index (χ3n) is 2.00. The van der Waals surface area contributed by atoms with Crippen LogP contribution in [0, 0.1) is 5.82 Å². The van der Waals surface area contributed by atoms with E-state index in [1.807, 2.05) is 0 Å². The lowest BCUT2D eigenvalue weighted by Crippen LogP contribution is -2.30. The minimum Gasteiger partial charge on any atom is -0.379 e. The smallest absolute Gasteiger partial charge is 0.151 e. The van der Waals surface area contributed by atoms with Crippen molar-refractivity contribution in [3.05, 3.63) is 29.6 Å². The standard InChI is InChI=1S/C10H9FO2S/c11-8-1-2-10(7(3-8)4-12)14-9-5-13-6-9/h1-4,9H,5-6H2. The molecule has 0 saturated carbocycles. The van der Waals surface area contributed by atoms with Gasteiger partial charge in [0.25, 0.3) is 0 Å². The van der Waals surface area contributed by atoms with Gasteiger partial charge < -0.3 is 4.74 Å². The number of carbonyl (C=O) groups excluding carboxylic acids is 1. The summed E-state index contributed by atoms with van der Waals surface area (Å²) in [5, 5.41) is 0.402. The zero-order valence-electron chi connectivity index (χ0n) is 7.40. The summed E-state index contributed by atoms with van der Waals surface area (Å²) in [5.41, 5.74) is 0.418. The molecule has 2 rings (SSSR count). The second-order valence-electron chi connectivity index (χ2n) is 3.08. The molecule has 0 radical (unpaired) electrons. The molecule has 2 nitrogen and oxygen atoms in total. The summed E-state index contributed by atoms with van der Waals surface area (Å²) < 4.78 is 17.8. The van der Waals surface area contributed by atoms with Gasteiger partial charge in [0.05, 0.1) is 18.5 Å². The van der Waals surface area contributed by atoms with Gasteiger partial charge >= 0.3 is 0 Å². The molecule has 1 saturated heterocycles. The van der Waals surface area contributed by atoms with Crippen molar-refractivity contribution in [2.24, 2.45) is 0 Å². The van der Waals surface area contributed by atoms with E-state index in [2.05, 4.69) is 0 Å². The van der Waals surface area contributed by atoms with E-state index in [0.29, 0.717) is 30.3 Å². The summed E-state index contributed by atoms with van der Waals surface area (Å²) >= 11 is 1.57. The fraction of sp³-hybridized carbons (Fsp3) is 0.300. The molecule has 0 atom stereocenters. The molecule has 1 aliphatic rings. The van der Waals surface area contributed by atoms with Crippen LogP contribution in [0.15, 0.2) is 23.1 Å². The maximum atomic E-state index is 12.8. The number of hydrogen-bond donors (Lipinski definition) is 0. The molecule has 0 aliphatic carbocycles. The maximum Gasteiger partial charge on any atom is 0.151 e. The molecule has 0 bridgehead atoms. The highest BCUT2D eigenvalue weighted by molar-refractivity contribution is 8.00. The van der Waals surface area contributed by atoms with Gasteiger partial charge in [-0.05, 0) is 18.2 Å². The minimum atomic E-state index is -0.374. The first-order valence-electron chi connectivity index (χ1n) is 4.29. The highest BCUT2D eigenvalue weighted by Gasteiger charge is 2.20. The summed E-state index contributed by atoms with van der Waals surface area (Å²) in [6.45, 7) is 1.42. The predicted octanol–water partition coefficient (Wildman–Crippen LogP) is 2.13. The number of thioether (sulfide) groups is 1. The maximum absolute atomic E-state index is 12.8. The third kappa shape index (κ3) is 1.96. The Kier molecular flexibility index (Phi) is 2.84. The molecule has 4 heteroatoms. The lowest BCUT2D eigenvalue weighted by atomic mass is 10.2. The second kappa shape index (κ2) is 4.11. The van der Waals surface area contributed by atoms with Gasteiger partial charge in [-0.15, -0.1) is 11.8 Å². The highest BCUT2D eigenvalue weighted by Crippen LogP contribution is 2.30. The molecule has 0 N–H and O–H groups in total. The first-order chi connectivity index (χ1) is 6.79. The number of carbonyl (C=O) groups is 1. The number of aldehydes is 1. The largest absolute Gasteiger partial charge is 0.379 e. The summed E-state index contributed by atoms with van der Waals surface area (Å²) in [6, 6.07) is 4.27. The van der Waals surface area contributed by atoms with E-state index < -0.39 is 0 Å². The van der Waals surface area contributed by atoms with E-state index in [0.717, 1.165) is 4.90 Å². The molecule has 0 aromatic heterocycles. The Labute approximate surface area is 85.4 Å². The van der Waals surface area contributed by atoms with Crippen LogP contribution in [0.5, 0.6) is 0 Å². The van der Waals surface area contributed by atoms with Crippen LogP contribution in [0.3, 0.4) is 0 Å². The van der Waals surface area contributed by atoms with Crippen LogP contribution in [0.1, 0.15) is 10.4 Å². The zero-order chi connectivity index (χ0) is 9.97. The Bertz CT molecular complexity index is 350. The van der Waals surface area contributed by atoms with E-state index in [4.69, 9.17) is 4.74 Å². The van der Waals surface area contributed by atoms with Crippen molar-refractivity contribution in [2.45, 2.75) is 10.1 Å². The number of ether oxygens (including phenoxy) is 1. The van der Waals surface area contributed by atoms with Crippen molar-refractivity contribution in [1.82, 2.24) is 0 Å². The molecule has 1 aromatic carbocycles. The molecule has 1 aromatic rings. The van der Waals surface area contributed by atoms with E-state index >= 15 is 0 Å². The van der Waals surface area contributed by atoms with Crippen LogP contribution in [-0.4, -0.2) is 24.7 Å². The van der Waals surface area contributed by atoms with E-state index in [1.165, 1.54) is 12.1 Å². The molecule has 1 fully saturated rings. The van der Waals surface area contributed by atoms with Crippen LogP contribution >= 0.6 is 11.8 Å². The van der Waals surface area contributed by atoms with Crippen molar-refractivity contribution < 1.29 is 13.9 Å². The number of halogens is 1. The molecule has 0 amide bonds. The Morgan fingerprint density at radius 2 is 2.29 bits per heavy atom. The molecule has 0 unspecified atom stereocenters. The lowest BCUT2D eigenvalue weighted by Gasteiger charge is -2.25. The van der Waals surface area contributed by atoms with Crippen molar-refractivity contribution in [3.8, 4) is 0 Å². The summed E-state index contributed by atoms with van der Waals surface area (Å²) in [4.78, 5) is 11.5. The normalized spacial score (nSPS) is 16.4. The molecule has 74 valence electrons. The van der Waals surface area contributed by atoms with Gasteiger partial charge in [-0.2, -0.15) is 0 Å². The molecular weight excluding hydrogens is 203 g/mol. The second-order valence-corrected chi connectivity index (χ2v) is 4.42. The van der Waals surface area contributed by atoms with Crippen molar-refractivity contribution >= 4 is 18.0 Å². The lowest BCUT2D eigenvalue weighted by molar-refractivity contribution is 0.0455. The van der Waals surface area contributed by atoms with E-state index in [-0.39, 0.29) is 5.82 Å². The van der Waals surface area contributed by atoms with Crippen molar-refractivity contribution in [1.29, 1.82) is 0 Å². The summed E-state index contributed by atoms with van der Waals surface area (Å²) in [5.74, 6) is -0.374. The van der Waals surface area contributed by atoms with Gasteiger partial charge in [0.2, 0.25) is 0 Å². The first kappa shape index (κ1) is 9.68. The summed E-state index contributed by atoms with van der Waals surface area (Å²) in [6.07, 6.45) is 0.685. The van der Waals surface area contributed by atoms with Gasteiger partial charge in [-0.1, -0.05) is 0 Å². The summed E-state index contributed by atoms with van der Waals surface area (Å²) in [7, 11) is 0. The monoisotopic (exact) mass is 212 g/mol. The van der Waals surface area contributed by atoms with Crippen molar-refractivity contribution in [2.75, 3.05) is 13.2 Å². The Hall–Kier alpha value is -0.870. The number of benzene rings is 1. The molecular formula is C10H9FO2S. The van der Waals surface area contributed by atoms with Crippen LogP contribution in [0.2, 0.25) is 0 Å². The molecule has 0 spiro atoms. The van der Waals surface area contributed by atoms with Crippen LogP contribution in [0.25, 0.3) is 0 Å². The van der Waals surface area contributed by atoms with Gasteiger partial charge in [0, 0.05) is 10.5 Å². The Morgan fingerprint density at radius 1 is 1.50 bits per heavy atom. The van der Waals surface area contributed by atoms with Crippen molar-refractivity contribution in [3.63, 3.8) is 0 Å². The third-order valence-corrected chi connectivity index (χ3v) is 3.23. The fourth-order valence-electron chi connectivity index (χ4n) is 1.18. The van der Waals surface area contributed by atoms with E-state index in [9.17, 15) is 9.18 Å². The Balaban J connectivity index is 2.18. The van der Waals surface area contributed by atoms with E-state index in [1.54, 1.807) is 17.8 Å². The highest BCUT2D eigenvalue weighted by atomic mass is 32.2. The van der Waals surface area contributed by atoms with Gasteiger partial charge in [-0.3, -0.25) is 4.79 Å². The average Bonchev–Trinajstić information content (AvgIpc) is 2.13. The quantitative estimate of drug-likeness (QED) is 0.718. The average molecular weight is 212 g/mol. The van der Waals surface area contributed by atoms with Gasteiger partial charge in [0.15, 0.2) is 6.29 Å². The molecule has 1 aliphatic heterocycles. The van der Waals surface area contributed by atoms with Crippen LogP contribution < -0.4 is 0 Å². The zero-order valence-corrected chi connectivity index (χ0v) is 8.22. The predicted molar refractivity (Wildman–Crippen MR) is 52.3 cm³/mol. The minimum absolute atomic E-state index is 0.374. The molecule has 1 heterocycles. The number of rotatable bonds is 3. The molecule has 14 heavy (non-hydrogen) atoms. The topological polar surface area (TPSA) is 26.3 Å². The number of hydrogen-bond acceptors (Lipinski definition) is 3.